The first-order chi connectivity index (χ1) is 11.6. The van der Waals surface area contributed by atoms with Gasteiger partial charge < -0.3 is 0 Å². The zero-order valence-corrected chi connectivity index (χ0v) is 16.7. The van der Waals surface area contributed by atoms with Gasteiger partial charge in [0.25, 0.3) is 0 Å². The summed E-state index contributed by atoms with van der Waals surface area (Å²) in [6.07, 6.45) is 7.63. The number of thiophene rings is 1. The van der Waals surface area contributed by atoms with Crippen molar-refractivity contribution in [1.29, 1.82) is 0 Å². The van der Waals surface area contributed by atoms with Gasteiger partial charge in [-0.15, -0.1) is 0 Å². The van der Waals surface area contributed by atoms with Crippen molar-refractivity contribution in [2.45, 2.75) is 58.3 Å². The zero-order valence-electron chi connectivity index (χ0n) is 14.3. The van der Waals surface area contributed by atoms with Crippen LogP contribution in [0.1, 0.15) is 66.2 Å². The Balaban J connectivity index is 1.91. The average Bonchev–Trinajstić information content (AvgIpc) is 3.22. The van der Waals surface area contributed by atoms with E-state index in [0.29, 0.717) is 5.92 Å². The fourth-order valence-corrected chi connectivity index (χ4v) is 5.02. The first-order valence-corrected chi connectivity index (χ1v) is 10.6. The molecule has 4 heteroatoms. The lowest BCUT2D eigenvalue weighted by atomic mass is 9.85. The van der Waals surface area contributed by atoms with E-state index < -0.39 is 0 Å². The molecule has 0 bridgehead atoms. The number of imidazole rings is 1. The quantitative estimate of drug-likeness (QED) is 0.494. The number of pyridine rings is 1. The van der Waals surface area contributed by atoms with Crippen LogP contribution >= 0.6 is 27.3 Å². The van der Waals surface area contributed by atoms with Crippen LogP contribution in [0.2, 0.25) is 0 Å². The van der Waals surface area contributed by atoms with Crippen molar-refractivity contribution in [2.24, 2.45) is 0 Å². The van der Waals surface area contributed by atoms with Gasteiger partial charge in [-0.1, -0.05) is 19.3 Å². The van der Waals surface area contributed by atoms with Crippen LogP contribution in [0.15, 0.2) is 27.4 Å². The molecule has 0 amide bonds. The Bertz CT molecular complexity index is 858. The summed E-state index contributed by atoms with van der Waals surface area (Å²) in [5, 5.41) is 4.44. The van der Waals surface area contributed by atoms with E-state index in [9.17, 15) is 0 Å². The van der Waals surface area contributed by atoms with Gasteiger partial charge in [0.2, 0.25) is 0 Å². The van der Waals surface area contributed by atoms with Crippen molar-refractivity contribution in [3.8, 4) is 0 Å². The summed E-state index contributed by atoms with van der Waals surface area (Å²) in [5.41, 5.74) is 7.79. The molecular formula is C20H23BrN2S. The lowest BCUT2D eigenvalue weighted by Gasteiger charge is -2.21. The van der Waals surface area contributed by atoms with Crippen molar-refractivity contribution < 1.29 is 0 Å². The second-order valence-corrected chi connectivity index (χ2v) is 8.58. The van der Waals surface area contributed by atoms with Gasteiger partial charge >= 0.3 is 0 Å². The van der Waals surface area contributed by atoms with Crippen molar-refractivity contribution in [2.75, 3.05) is 0 Å². The van der Waals surface area contributed by atoms with E-state index in [-0.39, 0.29) is 0 Å². The highest BCUT2D eigenvalue weighted by atomic mass is 79.9. The van der Waals surface area contributed by atoms with Crippen LogP contribution < -0.4 is 0 Å². The second kappa shape index (κ2) is 6.64. The topological polar surface area (TPSA) is 17.3 Å². The van der Waals surface area contributed by atoms with E-state index in [1.807, 2.05) is 0 Å². The first-order valence-electron chi connectivity index (χ1n) is 8.83. The number of hydrogen-bond donors (Lipinski definition) is 0. The Kier molecular flexibility index (Phi) is 4.52. The highest BCUT2D eigenvalue weighted by Crippen LogP contribution is 2.36. The maximum atomic E-state index is 5.13. The minimum Gasteiger partial charge on any atom is -0.300 e. The SMILES string of the molecule is Cc1cc2nc(C3CCCCC3)c(Cc3ccsc3)n2c(C)c1Br. The molecule has 1 fully saturated rings. The zero-order chi connectivity index (χ0) is 16.7. The van der Waals surface area contributed by atoms with Crippen LogP contribution in [0.4, 0.5) is 0 Å². The molecular weight excluding hydrogens is 380 g/mol. The fourth-order valence-electron chi connectivity index (χ4n) is 4.06. The van der Waals surface area contributed by atoms with Crippen LogP contribution in [-0.2, 0) is 6.42 Å². The van der Waals surface area contributed by atoms with E-state index in [0.717, 1.165) is 12.1 Å². The Morgan fingerprint density at radius 2 is 2.04 bits per heavy atom. The Morgan fingerprint density at radius 3 is 2.75 bits per heavy atom. The average molecular weight is 403 g/mol. The highest BCUT2D eigenvalue weighted by Gasteiger charge is 2.24. The number of fused-ring (bicyclic) bond motifs is 1. The first kappa shape index (κ1) is 16.3. The maximum Gasteiger partial charge on any atom is 0.137 e. The highest BCUT2D eigenvalue weighted by molar-refractivity contribution is 9.10. The summed E-state index contributed by atoms with van der Waals surface area (Å²) in [6.45, 7) is 4.36. The summed E-state index contributed by atoms with van der Waals surface area (Å²) in [7, 11) is 0. The molecule has 1 aliphatic rings. The molecule has 1 aliphatic carbocycles. The van der Waals surface area contributed by atoms with Crippen molar-refractivity contribution >= 4 is 32.9 Å². The minimum absolute atomic E-state index is 0.630. The van der Waals surface area contributed by atoms with Crippen molar-refractivity contribution in [1.82, 2.24) is 9.38 Å². The molecule has 2 nitrogen and oxygen atoms in total. The van der Waals surface area contributed by atoms with Crippen molar-refractivity contribution in [3.05, 3.63) is 55.6 Å². The minimum atomic E-state index is 0.630. The summed E-state index contributed by atoms with van der Waals surface area (Å²) in [6, 6.07) is 4.47. The molecule has 0 radical (unpaired) electrons. The molecule has 4 rings (SSSR count). The molecule has 24 heavy (non-hydrogen) atoms. The van der Waals surface area contributed by atoms with Gasteiger partial charge in [0.1, 0.15) is 5.65 Å². The third-order valence-corrected chi connectivity index (χ3v) is 7.25. The monoisotopic (exact) mass is 402 g/mol. The van der Waals surface area contributed by atoms with Crippen LogP contribution in [0.25, 0.3) is 5.65 Å². The largest absolute Gasteiger partial charge is 0.300 e. The second-order valence-electron chi connectivity index (χ2n) is 7.01. The van der Waals surface area contributed by atoms with Crippen molar-refractivity contribution in [3.63, 3.8) is 0 Å². The van der Waals surface area contributed by atoms with Gasteiger partial charge in [0.15, 0.2) is 0 Å². The van der Waals surface area contributed by atoms with Gasteiger partial charge in [-0.05, 0) is 76.6 Å². The van der Waals surface area contributed by atoms with Gasteiger partial charge in [0.05, 0.1) is 11.4 Å². The number of aromatic nitrogens is 2. The van der Waals surface area contributed by atoms with E-state index in [4.69, 9.17) is 4.98 Å². The molecule has 3 aromatic rings. The van der Waals surface area contributed by atoms with E-state index in [1.165, 1.54) is 64.8 Å². The van der Waals surface area contributed by atoms with Gasteiger partial charge in [0, 0.05) is 22.5 Å². The number of aryl methyl sites for hydroxylation is 2. The number of halogens is 1. The molecule has 0 aliphatic heterocycles. The van der Waals surface area contributed by atoms with Crippen LogP contribution in [-0.4, -0.2) is 9.38 Å². The molecule has 0 saturated heterocycles. The number of hydrogen-bond acceptors (Lipinski definition) is 2. The standard InChI is InChI=1S/C20H23BrN2S/c1-13-10-18-22-20(16-6-4-3-5-7-16)17(11-15-8-9-24-12-15)23(18)14(2)19(13)21/h8-10,12,16H,3-7,11H2,1-2H3. The smallest absolute Gasteiger partial charge is 0.137 e. The lowest BCUT2D eigenvalue weighted by Crippen LogP contribution is -2.09. The summed E-state index contributed by atoms with van der Waals surface area (Å²) < 4.78 is 3.59. The molecule has 126 valence electrons. The summed E-state index contributed by atoms with van der Waals surface area (Å²) in [4.78, 5) is 5.13. The Hall–Kier alpha value is -1.13. The van der Waals surface area contributed by atoms with Gasteiger partial charge in [-0.2, -0.15) is 11.3 Å². The fraction of sp³-hybridized carbons (Fsp3) is 0.450. The normalized spacial score (nSPS) is 16.1. The predicted molar refractivity (Wildman–Crippen MR) is 105 cm³/mol. The molecule has 0 aromatic carbocycles. The predicted octanol–water partition coefficient (Wildman–Crippen LogP) is 6.41. The molecule has 0 N–H and O–H groups in total. The third kappa shape index (κ3) is 2.84. The van der Waals surface area contributed by atoms with E-state index in [1.54, 1.807) is 11.3 Å². The lowest BCUT2D eigenvalue weighted by molar-refractivity contribution is 0.436. The van der Waals surface area contributed by atoms with Crippen LogP contribution in [0, 0.1) is 13.8 Å². The molecule has 0 spiro atoms. The van der Waals surface area contributed by atoms with Crippen LogP contribution in [0.3, 0.4) is 0 Å². The van der Waals surface area contributed by atoms with Gasteiger partial charge in [-0.3, -0.25) is 4.40 Å². The summed E-state index contributed by atoms with van der Waals surface area (Å²) in [5.74, 6) is 0.630. The molecule has 0 unspecified atom stereocenters. The molecule has 1 saturated carbocycles. The summed E-state index contributed by atoms with van der Waals surface area (Å²) >= 11 is 5.55. The Labute approximate surface area is 156 Å². The van der Waals surface area contributed by atoms with Gasteiger partial charge in [-0.25, -0.2) is 4.98 Å². The Morgan fingerprint density at radius 1 is 1.25 bits per heavy atom. The molecule has 3 aromatic heterocycles. The molecule has 0 atom stereocenters. The van der Waals surface area contributed by atoms with E-state index >= 15 is 0 Å². The third-order valence-electron chi connectivity index (χ3n) is 5.32. The number of nitrogens with zero attached hydrogens (tertiary/aromatic N) is 2. The van der Waals surface area contributed by atoms with E-state index in [2.05, 4.69) is 57.1 Å². The number of rotatable bonds is 3. The maximum absolute atomic E-state index is 5.13. The molecule has 3 heterocycles. The van der Waals surface area contributed by atoms with Crippen LogP contribution in [0.5, 0.6) is 0 Å².